The van der Waals surface area contributed by atoms with Crippen molar-refractivity contribution in [2.75, 3.05) is 65.6 Å². The topological polar surface area (TPSA) is 153 Å². The molecule has 10 rings (SSSR count). The van der Waals surface area contributed by atoms with Crippen LogP contribution in [0.5, 0.6) is 23.0 Å². The molecule has 2 fully saturated rings. The number of hydrogen-bond donors (Lipinski definition) is 5. The van der Waals surface area contributed by atoms with Gasteiger partial charge in [-0.05, 0) is 199 Å². The van der Waals surface area contributed by atoms with Crippen LogP contribution in [-0.4, -0.2) is 134 Å². The first-order valence-corrected chi connectivity index (χ1v) is 36.4. The lowest BCUT2D eigenvalue weighted by Gasteiger charge is -2.43. The SMILES string of the molecule is Cc1ccsc1C(=O)N1CCC(Sc2ccc(CCNCC(O)COc3ccc(O[Si](c4ccccc4)(c4ccccc4)C(C)(C)C)cc3)cc2)CC1.Cc1ccsc1C(=O)N1CCC(Sc2ccc(CCNC[C@H](O)COc3ccc(O)cc3)cc2)CC1. The van der Waals surface area contributed by atoms with Gasteiger partial charge >= 0.3 is 8.32 Å². The van der Waals surface area contributed by atoms with Gasteiger partial charge in [0.25, 0.3) is 11.8 Å². The molecule has 0 bridgehead atoms. The summed E-state index contributed by atoms with van der Waals surface area (Å²) >= 11 is 6.92. The third-order valence-corrected chi connectivity index (χ3v) is 25.9. The molecule has 17 heteroatoms. The van der Waals surface area contributed by atoms with E-state index in [2.05, 4.69) is 141 Å². The van der Waals surface area contributed by atoms with E-state index in [1.807, 2.05) is 94.3 Å². The molecule has 0 spiro atoms. The van der Waals surface area contributed by atoms with Crippen LogP contribution in [0, 0.1) is 13.8 Å². The average Bonchev–Trinajstić information content (AvgIpc) is 1.37. The number of phenols is 1. The van der Waals surface area contributed by atoms with Crippen LogP contribution in [0.25, 0.3) is 0 Å². The molecule has 470 valence electrons. The second-order valence-corrected chi connectivity index (χ2v) is 32.7. The van der Waals surface area contributed by atoms with Crippen molar-refractivity contribution in [1.29, 1.82) is 0 Å². The summed E-state index contributed by atoms with van der Waals surface area (Å²) in [5.41, 5.74) is 4.68. The number of ether oxygens (including phenoxy) is 2. The summed E-state index contributed by atoms with van der Waals surface area (Å²) in [4.78, 5) is 33.9. The number of nitrogens with one attached hydrogen (secondary N) is 2. The number of aromatic hydroxyl groups is 1. The van der Waals surface area contributed by atoms with E-state index < -0.39 is 20.5 Å². The van der Waals surface area contributed by atoms with Crippen LogP contribution in [0.4, 0.5) is 0 Å². The van der Waals surface area contributed by atoms with Crippen molar-refractivity contribution in [3.05, 3.63) is 213 Å². The molecule has 1 unspecified atom stereocenters. The molecular formula is C72H86N4O8S4Si. The molecule has 4 heterocycles. The number of amides is 2. The van der Waals surface area contributed by atoms with Gasteiger partial charge < -0.3 is 49.7 Å². The van der Waals surface area contributed by atoms with Crippen molar-refractivity contribution in [2.45, 2.75) is 111 Å². The van der Waals surface area contributed by atoms with E-state index in [1.54, 1.807) is 35.6 Å². The number of aliphatic hydroxyl groups excluding tert-OH is 2. The van der Waals surface area contributed by atoms with Gasteiger partial charge in [0.1, 0.15) is 48.4 Å². The number of likely N-dealkylation sites (tertiary alicyclic amines) is 2. The lowest BCUT2D eigenvalue weighted by atomic mass is 10.1. The number of aliphatic hydroxyl groups is 2. The number of rotatable bonds is 26. The van der Waals surface area contributed by atoms with Gasteiger partial charge in [0.15, 0.2) is 0 Å². The Labute approximate surface area is 544 Å². The third kappa shape index (κ3) is 19.3. The maximum Gasteiger partial charge on any atom is 0.319 e. The molecule has 2 atom stereocenters. The number of thiophene rings is 2. The molecule has 8 aromatic rings. The van der Waals surface area contributed by atoms with E-state index in [0.717, 1.165) is 104 Å². The van der Waals surface area contributed by atoms with Gasteiger partial charge in [-0.1, -0.05) is 106 Å². The van der Waals surface area contributed by atoms with Gasteiger partial charge in [-0.15, -0.1) is 46.2 Å². The van der Waals surface area contributed by atoms with Crippen molar-refractivity contribution in [2.24, 2.45) is 0 Å². The number of piperidine rings is 2. The monoisotopic (exact) mass is 1290 g/mol. The highest BCUT2D eigenvalue weighted by Crippen LogP contribution is 2.39. The fourth-order valence-electron chi connectivity index (χ4n) is 11.2. The summed E-state index contributed by atoms with van der Waals surface area (Å²) in [6, 6.07) is 57.1. The molecule has 2 aliphatic rings. The van der Waals surface area contributed by atoms with Gasteiger partial charge in [0, 0.05) is 59.6 Å². The third-order valence-electron chi connectivity index (χ3n) is 16.2. The number of carbonyl (C=O) groups is 2. The van der Waals surface area contributed by atoms with E-state index in [1.165, 1.54) is 42.6 Å². The quantitative estimate of drug-likeness (QED) is 0.0259. The number of thioether (sulfide) groups is 2. The molecular weight excluding hydrogens is 1210 g/mol. The summed E-state index contributed by atoms with van der Waals surface area (Å²) in [5, 5.41) is 44.1. The summed E-state index contributed by atoms with van der Waals surface area (Å²) in [5.74, 6) is 2.68. The second-order valence-electron chi connectivity index (χ2n) is 23.9. The fraction of sp³-hybridized carbons (Fsp3) is 0.361. The highest BCUT2D eigenvalue weighted by Gasteiger charge is 2.52. The minimum atomic E-state index is -2.71. The molecule has 2 aromatic heterocycles. The standard InChI is InChI=1S/C44H52N2O4S2Si.C28H34N2O4S2/c1-33-26-30-51-42(33)43(48)46-28-24-39(25-29-46)52-38-21-15-34(16-22-38)23-27-45-31-35(47)32-49-36-17-19-37(20-18-36)50-53(44(2,3)4,40-11-7-5-8-12-40)41-13-9-6-10-14-41;1-20-13-17-35-27(20)28(33)30-15-11-26(12-16-30)36-25-8-2-21(3-9-25)10-14-29-18-23(32)19-34-24-6-4-22(31)5-7-24/h5-22,26,30,35,39,45,47H,23-25,27-29,31-32H2,1-4H3;2-9,13,17,23,26,29,31-32H,10-12,14-16,18-19H2,1H3/t;23-/m.0/s1. The summed E-state index contributed by atoms with van der Waals surface area (Å²) in [6.07, 6.45) is 4.61. The highest BCUT2D eigenvalue weighted by atomic mass is 32.2. The number of aryl methyl sites for hydroxylation is 2. The highest BCUT2D eigenvalue weighted by molar-refractivity contribution is 8.00. The lowest BCUT2D eigenvalue weighted by molar-refractivity contribution is 0.0724. The zero-order valence-corrected chi connectivity index (χ0v) is 56.1. The fourth-order valence-corrected chi connectivity index (χ4v) is 19.6. The molecule has 0 aliphatic carbocycles. The van der Waals surface area contributed by atoms with Gasteiger partial charge in [-0.25, -0.2) is 0 Å². The van der Waals surface area contributed by atoms with E-state index in [-0.39, 0.29) is 35.8 Å². The minimum absolute atomic E-state index is 0.128. The molecule has 12 nitrogen and oxygen atoms in total. The Morgan fingerprint density at radius 1 is 0.551 bits per heavy atom. The van der Waals surface area contributed by atoms with Crippen LogP contribution in [0.3, 0.4) is 0 Å². The zero-order chi connectivity index (χ0) is 62.6. The minimum Gasteiger partial charge on any atom is -0.534 e. The van der Waals surface area contributed by atoms with Crippen molar-refractivity contribution in [1.82, 2.24) is 20.4 Å². The second kappa shape index (κ2) is 33.1. The number of nitrogens with zero attached hydrogens (tertiary/aromatic N) is 2. The molecule has 6 aromatic carbocycles. The summed E-state index contributed by atoms with van der Waals surface area (Å²) in [7, 11) is -2.71. The summed E-state index contributed by atoms with van der Waals surface area (Å²) in [6.45, 7) is 17.0. The van der Waals surface area contributed by atoms with Crippen LogP contribution in [0.15, 0.2) is 190 Å². The van der Waals surface area contributed by atoms with Gasteiger partial charge in [0.05, 0.1) is 9.75 Å². The first-order valence-electron chi connectivity index (χ1n) is 31.0. The van der Waals surface area contributed by atoms with Crippen LogP contribution in [0.2, 0.25) is 5.04 Å². The van der Waals surface area contributed by atoms with Gasteiger partial charge in [-0.3, -0.25) is 9.59 Å². The molecule has 0 saturated carbocycles. The van der Waals surface area contributed by atoms with E-state index in [9.17, 15) is 24.9 Å². The molecule has 89 heavy (non-hydrogen) atoms. The van der Waals surface area contributed by atoms with E-state index in [4.69, 9.17) is 13.9 Å². The van der Waals surface area contributed by atoms with Gasteiger partial charge in [-0.2, -0.15) is 0 Å². The molecule has 2 aliphatic heterocycles. The van der Waals surface area contributed by atoms with Crippen LogP contribution < -0.4 is 34.9 Å². The smallest absolute Gasteiger partial charge is 0.319 e. The number of benzene rings is 6. The predicted octanol–water partition coefficient (Wildman–Crippen LogP) is 12.7. The Kier molecular flexibility index (Phi) is 24.9. The lowest BCUT2D eigenvalue weighted by Crippen LogP contribution is -2.68. The van der Waals surface area contributed by atoms with Crippen LogP contribution in [0.1, 0.15) is 88.1 Å². The summed E-state index contributed by atoms with van der Waals surface area (Å²) < 4.78 is 18.6. The van der Waals surface area contributed by atoms with Crippen LogP contribution >= 0.6 is 46.2 Å². The first kappa shape index (κ1) is 67.0. The van der Waals surface area contributed by atoms with Crippen LogP contribution in [-0.2, 0) is 12.8 Å². The van der Waals surface area contributed by atoms with Crippen molar-refractivity contribution in [3.8, 4) is 23.0 Å². The first-order chi connectivity index (χ1) is 43.1. The maximum atomic E-state index is 12.9. The maximum absolute atomic E-state index is 12.9. The normalized spacial score (nSPS) is 14.8. The Balaban J connectivity index is 0.000000228. The zero-order valence-electron chi connectivity index (χ0n) is 51.9. The van der Waals surface area contributed by atoms with E-state index in [0.29, 0.717) is 35.1 Å². The van der Waals surface area contributed by atoms with Crippen molar-refractivity contribution >= 4 is 76.7 Å². The largest absolute Gasteiger partial charge is 0.534 e. The predicted molar refractivity (Wildman–Crippen MR) is 370 cm³/mol. The Morgan fingerprint density at radius 2 is 0.933 bits per heavy atom. The molecule has 0 radical (unpaired) electrons. The average molecular weight is 1290 g/mol. The Bertz CT molecular complexity index is 3370. The number of carbonyl (C=O) groups excluding carboxylic acids is 2. The molecule has 5 N–H and O–H groups in total. The Morgan fingerprint density at radius 3 is 1.30 bits per heavy atom. The van der Waals surface area contributed by atoms with Crippen molar-refractivity contribution < 1.29 is 38.8 Å². The molecule has 2 saturated heterocycles. The van der Waals surface area contributed by atoms with Gasteiger partial charge in [0.2, 0.25) is 0 Å². The Hall–Kier alpha value is -6.38. The van der Waals surface area contributed by atoms with E-state index >= 15 is 0 Å². The number of hydrogen-bond acceptors (Lipinski definition) is 14. The van der Waals surface area contributed by atoms with Crippen molar-refractivity contribution in [3.63, 3.8) is 0 Å². The molecule has 2 amide bonds. The number of phenolic OH excluding ortho intramolecular Hbond substituents is 1.